The van der Waals surface area contributed by atoms with Crippen molar-refractivity contribution in [2.75, 3.05) is 32.1 Å². The fourth-order valence-corrected chi connectivity index (χ4v) is 2.28. The van der Waals surface area contributed by atoms with Crippen LogP contribution in [-0.2, 0) is 11.2 Å². The average Bonchev–Trinajstić information content (AvgIpc) is 2.72. The maximum absolute atomic E-state index is 12.1. The summed E-state index contributed by atoms with van der Waals surface area (Å²) < 4.78 is 0. The summed E-state index contributed by atoms with van der Waals surface area (Å²) in [5, 5.41) is 0. The smallest absolute Gasteiger partial charge is 0.227 e. The molecule has 0 spiro atoms. The summed E-state index contributed by atoms with van der Waals surface area (Å²) >= 11 is 0. The third-order valence-corrected chi connectivity index (χ3v) is 3.18. The summed E-state index contributed by atoms with van der Waals surface area (Å²) in [7, 11) is 4.07. The lowest BCUT2D eigenvalue weighted by molar-refractivity contribution is -0.118. The molecule has 17 heavy (non-hydrogen) atoms. The Bertz CT molecular complexity index is 401. The van der Waals surface area contributed by atoms with E-state index >= 15 is 0 Å². The van der Waals surface area contributed by atoms with Crippen molar-refractivity contribution in [3.63, 3.8) is 0 Å². The van der Waals surface area contributed by atoms with Crippen molar-refractivity contribution in [2.45, 2.75) is 19.3 Å². The van der Waals surface area contributed by atoms with Crippen molar-refractivity contribution in [3.05, 3.63) is 29.8 Å². The highest BCUT2D eigenvalue weighted by Gasteiger charge is 2.23. The van der Waals surface area contributed by atoms with E-state index in [0.29, 0.717) is 6.42 Å². The molecular weight excluding hydrogens is 212 g/mol. The van der Waals surface area contributed by atoms with Gasteiger partial charge in [0.2, 0.25) is 5.91 Å². The van der Waals surface area contributed by atoms with Gasteiger partial charge in [-0.15, -0.1) is 0 Å². The van der Waals surface area contributed by atoms with E-state index in [2.05, 4.69) is 11.0 Å². The lowest BCUT2D eigenvalue weighted by Crippen LogP contribution is -2.29. The number of benzene rings is 1. The van der Waals surface area contributed by atoms with E-state index in [-0.39, 0.29) is 5.91 Å². The molecule has 1 amide bonds. The molecule has 1 aromatic carbocycles. The van der Waals surface area contributed by atoms with Gasteiger partial charge in [0.15, 0.2) is 0 Å². The Morgan fingerprint density at radius 1 is 1.35 bits per heavy atom. The molecule has 2 rings (SSSR count). The molecule has 1 aliphatic heterocycles. The van der Waals surface area contributed by atoms with Crippen LogP contribution < -0.4 is 4.90 Å². The number of rotatable bonds is 4. The highest BCUT2D eigenvalue weighted by molar-refractivity contribution is 5.95. The fourth-order valence-electron chi connectivity index (χ4n) is 2.28. The molecule has 1 heterocycles. The van der Waals surface area contributed by atoms with Crippen LogP contribution in [0.15, 0.2) is 24.3 Å². The maximum Gasteiger partial charge on any atom is 0.227 e. The summed E-state index contributed by atoms with van der Waals surface area (Å²) in [6, 6.07) is 8.21. The van der Waals surface area contributed by atoms with E-state index in [1.165, 1.54) is 5.56 Å². The topological polar surface area (TPSA) is 23.6 Å². The van der Waals surface area contributed by atoms with Gasteiger partial charge in [0.1, 0.15) is 0 Å². The number of hydrogen-bond donors (Lipinski definition) is 0. The van der Waals surface area contributed by atoms with Crippen molar-refractivity contribution < 1.29 is 4.79 Å². The van der Waals surface area contributed by atoms with Gasteiger partial charge in [0.25, 0.3) is 0 Å². The second-order valence-corrected chi connectivity index (χ2v) is 4.83. The number of carbonyl (C=O) groups excluding carboxylic acids is 1. The molecule has 0 N–H and O–H groups in total. The van der Waals surface area contributed by atoms with Gasteiger partial charge in [-0.1, -0.05) is 18.2 Å². The molecule has 0 aromatic heterocycles. The number of amides is 1. The molecule has 0 atom stereocenters. The van der Waals surface area contributed by atoms with Crippen molar-refractivity contribution in [2.24, 2.45) is 0 Å². The highest BCUT2D eigenvalue weighted by Crippen LogP contribution is 2.27. The Morgan fingerprint density at radius 2 is 2.12 bits per heavy atom. The third kappa shape index (κ3) is 2.86. The first-order valence-electron chi connectivity index (χ1n) is 6.21. The van der Waals surface area contributed by atoms with Crippen molar-refractivity contribution >= 4 is 11.6 Å². The predicted molar refractivity (Wildman–Crippen MR) is 70.3 cm³/mol. The van der Waals surface area contributed by atoms with Crippen molar-refractivity contribution in [3.8, 4) is 0 Å². The minimum absolute atomic E-state index is 0.261. The molecular formula is C14H20N2O. The first-order chi connectivity index (χ1) is 8.18. The van der Waals surface area contributed by atoms with E-state index in [0.717, 1.165) is 31.6 Å². The molecule has 0 aliphatic carbocycles. The minimum Gasteiger partial charge on any atom is -0.312 e. The number of para-hydroxylation sites is 1. The normalized spacial score (nSPS) is 14.2. The van der Waals surface area contributed by atoms with Gasteiger partial charge in [-0.3, -0.25) is 4.79 Å². The van der Waals surface area contributed by atoms with Crippen LogP contribution in [-0.4, -0.2) is 38.0 Å². The van der Waals surface area contributed by atoms with Gasteiger partial charge in [0.05, 0.1) is 0 Å². The van der Waals surface area contributed by atoms with E-state index < -0.39 is 0 Å². The van der Waals surface area contributed by atoms with Crippen LogP contribution in [0.1, 0.15) is 18.4 Å². The molecule has 1 aromatic rings. The number of fused-ring (bicyclic) bond motifs is 1. The molecule has 92 valence electrons. The van der Waals surface area contributed by atoms with Crippen LogP contribution >= 0.6 is 0 Å². The Labute approximate surface area is 103 Å². The average molecular weight is 232 g/mol. The standard InChI is InChI=1S/C14H20N2O/c1-15(2)10-5-8-14(17)16-11-9-12-6-3-4-7-13(12)16/h3-4,6-7H,5,8-11H2,1-2H3. The molecule has 1 aliphatic rings. The zero-order chi connectivity index (χ0) is 12.3. The summed E-state index contributed by atoms with van der Waals surface area (Å²) in [5.41, 5.74) is 2.41. The first kappa shape index (κ1) is 12.1. The molecule has 0 saturated heterocycles. The number of nitrogens with zero attached hydrogens (tertiary/aromatic N) is 2. The van der Waals surface area contributed by atoms with E-state index in [9.17, 15) is 4.79 Å². The van der Waals surface area contributed by atoms with Crippen LogP contribution in [0.25, 0.3) is 0 Å². The number of carbonyl (C=O) groups is 1. The number of hydrogen-bond acceptors (Lipinski definition) is 2. The Kier molecular flexibility index (Phi) is 3.79. The lowest BCUT2D eigenvalue weighted by Gasteiger charge is -2.18. The van der Waals surface area contributed by atoms with Crippen LogP contribution in [0.3, 0.4) is 0 Å². The zero-order valence-corrected chi connectivity index (χ0v) is 10.6. The molecule has 0 fully saturated rings. The monoisotopic (exact) mass is 232 g/mol. The largest absolute Gasteiger partial charge is 0.312 e. The van der Waals surface area contributed by atoms with E-state index in [1.807, 2.05) is 37.2 Å². The van der Waals surface area contributed by atoms with Crippen LogP contribution in [0.5, 0.6) is 0 Å². The molecule has 0 radical (unpaired) electrons. The molecule has 0 saturated carbocycles. The second-order valence-electron chi connectivity index (χ2n) is 4.83. The third-order valence-electron chi connectivity index (χ3n) is 3.18. The summed E-state index contributed by atoms with van der Waals surface area (Å²) in [4.78, 5) is 16.1. The fraction of sp³-hybridized carbons (Fsp3) is 0.500. The lowest BCUT2D eigenvalue weighted by atomic mass is 10.2. The van der Waals surface area contributed by atoms with E-state index in [1.54, 1.807) is 0 Å². The Morgan fingerprint density at radius 3 is 2.88 bits per heavy atom. The van der Waals surface area contributed by atoms with Gasteiger partial charge < -0.3 is 9.80 Å². The van der Waals surface area contributed by atoms with Crippen LogP contribution in [0, 0.1) is 0 Å². The quantitative estimate of drug-likeness (QED) is 0.792. The summed E-state index contributed by atoms with van der Waals surface area (Å²) in [6.45, 7) is 1.82. The maximum atomic E-state index is 12.1. The van der Waals surface area contributed by atoms with Crippen molar-refractivity contribution in [1.82, 2.24) is 4.90 Å². The first-order valence-corrected chi connectivity index (χ1v) is 6.21. The molecule has 0 unspecified atom stereocenters. The summed E-state index contributed by atoms with van der Waals surface area (Å²) in [6.07, 6.45) is 2.58. The minimum atomic E-state index is 0.261. The second kappa shape index (κ2) is 5.32. The SMILES string of the molecule is CN(C)CCCC(=O)N1CCc2ccccc21. The van der Waals surface area contributed by atoms with Gasteiger partial charge >= 0.3 is 0 Å². The van der Waals surface area contributed by atoms with Gasteiger partial charge in [0, 0.05) is 18.7 Å². The van der Waals surface area contributed by atoms with Crippen molar-refractivity contribution in [1.29, 1.82) is 0 Å². The van der Waals surface area contributed by atoms with E-state index in [4.69, 9.17) is 0 Å². The van der Waals surface area contributed by atoms with Gasteiger partial charge in [-0.25, -0.2) is 0 Å². The zero-order valence-electron chi connectivity index (χ0n) is 10.6. The molecule has 3 nitrogen and oxygen atoms in total. The predicted octanol–water partition coefficient (Wildman–Crippen LogP) is 1.92. The molecule has 0 bridgehead atoms. The van der Waals surface area contributed by atoms with Gasteiger partial charge in [-0.2, -0.15) is 0 Å². The summed E-state index contributed by atoms with van der Waals surface area (Å²) in [5.74, 6) is 0.261. The van der Waals surface area contributed by atoms with Gasteiger partial charge in [-0.05, 0) is 45.1 Å². The molecule has 3 heteroatoms. The van der Waals surface area contributed by atoms with Crippen LogP contribution in [0.4, 0.5) is 5.69 Å². The Hall–Kier alpha value is -1.35. The number of anilines is 1. The van der Waals surface area contributed by atoms with Crippen LogP contribution in [0.2, 0.25) is 0 Å². The highest BCUT2D eigenvalue weighted by atomic mass is 16.2. The Balaban J connectivity index is 1.93.